The van der Waals surface area contributed by atoms with Gasteiger partial charge in [0.25, 0.3) is 5.91 Å². The van der Waals surface area contributed by atoms with Gasteiger partial charge in [0, 0.05) is 11.7 Å². The molecule has 1 aromatic carbocycles. The lowest BCUT2D eigenvalue weighted by Crippen LogP contribution is -2.41. The molecular formula is C14H15FN2O3S. The zero-order valence-electron chi connectivity index (χ0n) is 11.3. The van der Waals surface area contributed by atoms with Crippen molar-refractivity contribution in [2.45, 2.75) is 12.5 Å². The van der Waals surface area contributed by atoms with E-state index in [-0.39, 0.29) is 29.3 Å². The molecule has 0 spiro atoms. The minimum Gasteiger partial charge on any atom is -0.399 e. The predicted octanol–water partition coefficient (Wildman–Crippen LogP) is 0.670. The number of nitrogen functional groups attached to an aromatic ring is 1. The Morgan fingerprint density at radius 2 is 2.24 bits per heavy atom. The van der Waals surface area contributed by atoms with Gasteiger partial charge in [-0.05, 0) is 24.6 Å². The molecule has 2 N–H and O–H groups in total. The van der Waals surface area contributed by atoms with Crippen LogP contribution in [0, 0.1) is 18.2 Å². The Balaban J connectivity index is 2.30. The van der Waals surface area contributed by atoms with Crippen LogP contribution in [0.4, 0.5) is 10.1 Å². The van der Waals surface area contributed by atoms with Crippen molar-refractivity contribution in [1.82, 2.24) is 4.90 Å². The van der Waals surface area contributed by atoms with E-state index < -0.39 is 27.6 Å². The van der Waals surface area contributed by atoms with Gasteiger partial charge in [-0.1, -0.05) is 5.92 Å². The molecule has 2 rings (SSSR count). The zero-order chi connectivity index (χ0) is 15.6. The molecule has 1 unspecified atom stereocenters. The number of carbonyl (C=O) groups excluding carboxylic acids is 1. The molecule has 0 saturated carbocycles. The fourth-order valence-corrected chi connectivity index (χ4v) is 4.08. The van der Waals surface area contributed by atoms with E-state index in [0.717, 1.165) is 6.07 Å². The van der Waals surface area contributed by atoms with Gasteiger partial charge < -0.3 is 10.6 Å². The number of sulfone groups is 1. The first-order valence-corrected chi connectivity index (χ1v) is 8.16. The molecule has 1 heterocycles. The van der Waals surface area contributed by atoms with E-state index in [4.69, 9.17) is 12.2 Å². The number of rotatable bonds is 3. The molecule has 1 aliphatic heterocycles. The first-order valence-electron chi connectivity index (χ1n) is 6.34. The summed E-state index contributed by atoms with van der Waals surface area (Å²) in [6.45, 7) is -0.0666. The summed E-state index contributed by atoms with van der Waals surface area (Å²) in [5.74, 6) is 0.820. The summed E-state index contributed by atoms with van der Waals surface area (Å²) in [5.41, 5.74) is 5.49. The lowest BCUT2D eigenvalue weighted by Gasteiger charge is -2.26. The topological polar surface area (TPSA) is 80.5 Å². The van der Waals surface area contributed by atoms with Crippen LogP contribution >= 0.6 is 0 Å². The summed E-state index contributed by atoms with van der Waals surface area (Å²) >= 11 is 0. The lowest BCUT2D eigenvalue weighted by atomic mass is 10.1. The van der Waals surface area contributed by atoms with Crippen LogP contribution in [0.15, 0.2) is 18.2 Å². The minimum atomic E-state index is -3.17. The maximum absolute atomic E-state index is 13.8. The van der Waals surface area contributed by atoms with Crippen molar-refractivity contribution in [2.75, 3.05) is 23.8 Å². The third kappa shape index (κ3) is 3.34. The summed E-state index contributed by atoms with van der Waals surface area (Å²) in [6.07, 6.45) is 5.55. The molecule has 112 valence electrons. The molecule has 0 aliphatic carbocycles. The second-order valence-electron chi connectivity index (χ2n) is 4.93. The van der Waals surface area contributed by atoms with Crippen molar-refractivity contribution in [2.24, 2.45) is 0 Å². The van der Waals surface area contributed by atoms with Crippen LogP contribution in [0.25, 0.3) is 0 Å². The monoisotopic (exact) mass is 310 g/mol. The summed E-state index contributed by atoms with van der Waals surface area (Å²) < 4.78 is 36.9. The van der Waals surface area contributed by atoms with E-state index >= 15 is 0 Å². The van der Waals surface area contributed by atoms with E-state index in [2.05, 4.69) is 5.92 Å². The second kappa shape index (κ2) is 5.74. The molecule has 1 saturated heterocycles. The Morgan fingerprint density at radius 1 is 1.52 bits per heavy atom. The fourth-order valence-electron chi connectivity index (χ4n) is 2.35. The predicted molar refractivity (Wildman–Crippen MR) is 77.7 cm³/mol. The first-order chi connectivity index (χ1) is 9.84. The Bertz CT molecular complexity index is 709. The van der Waals surface area contributed by atoms with Crippen molar-refractivity contribution in [3.8, 4) is 12.3 Å². The van der Waals surface area contributed by atoms with Crippen LogP contribution < -0.4 is 5.73 Å². The minimum absolute atomic E-state index is 0.0102. The van der Waals surface area contributed by atoms with E-state index in [1.54, 1.807) is 0 Å². The second-order valence-corrected chi connectivity index (χ2v) is 7.16. The van der Waals surface area contributed by atoms with Gasteiger partial charge in [-0.2, -0.15) is 0 Å². The first kappa shape index (κ1) is 15.3. The SMILES string of the molecule is C#CCN(C(=O)c1ccc(N)cc1F)C1CCS(=O)(=O)C1. The van der Waals surface area contributed by atoms with Crippen molar-refractivity contribution in [1.29, 1.82) is 0 Å². The van der Waals surface area contributed by atoms with Crippen molar-refractivity contribution in [3.05, 3.63) is 29.6 Å². The van der Waals surface area contributed by atoms with Crippen LogP contribution in [0.1, 0.15) is 16.8 Å². The van der Waals surface area contributed by atoms with E-state index in [1.807, 2.05) is 0 Å². The highest BCUT2D eigenvalue weighted by Crippen LogP contribution is 2.21. The molecule has 1 aromatic rings. The number of hydrogen-bond donors (Lipinski definition) is 1. The number of carbonyl (C=O) groups is 1. The van der Waals surface area contributed by atoms with Gasteiger partial charge >= 0.3 is 0 Å². The van der Waals surface area contributed by atoms with Gasteiger partial charge in [-0.25, -0.2) is 12.8 Å². The van der Waals surface area contributed by atoms with Crippen LogP contribution in [-0.2, 0) is 9.84 Å². The number of hydrogen-bond acceptors (Lipinski definition) is 4. The van der Waals surface area contributed by atoms with Gasteiger partial charge in [0.15, 0.2) is 9.84 Å². The molecule has 0 radical (unpaired) electrons. The number of amides is 1. The van der Waals surface area contributed by atoms with Gasteiger partial charge in [-0.15, -0.1) is 6.42 Å². The van der Waals surface area contributed by atoms with Crippen LogP contribution in [0.3, 0.4) is 0 Å². The number of nitrogens with two attached hydrogens (primary N) is 1. The largest absolute Gasteiger partial charge is 0.399 e. The van der Waals surface area contributed by atoms with Gasteiger partial charge in [0.1, 0.15) is 5.82 Å². The average molecular weight is 310 g/mol. The van der Waals surface area contributed by atoms with Crippen LogP contribution in [0.5, 0.6) is 0 Å². The Hall–Kier alpha value is -2.07. The van der Waals surface area contributed by atoms with Crippen molar-refractivity contribution in [3.63, 3.8) is 0 Å². The Kier molecular flexibility index (Phi) is 4.19. The third-order valence-corrected chi connectivity index (χ3v) is 5.15. The zero-order valence-corrected chi connectivity index (χ0v) is 12.1. The van der Waals surface area contributed by atoms with Crippen LogP contribution in [-0.4, -0.2) is 43.3 Å². The van der Waals surface area contributed by atoms with E-state index in [1.165, 1.54) is 17.0 Å². The lowest BCUT2D eigenvalue weighted by molar-refractivity contribution is 0.0719. The maximum atomic E-state index is 13.8. The quantitative estimate of drug-likeness (QED) is 0.657. The highest BCUT2D eigenvalue weighted by molar-refractivity contribution is 7.91. The fraction of sp³-hybridized carbons (Fsp3) is 0.357. The highest BCUT2D eigenvalue weighted by Gasteiger charge is 2.35. The normalized spacial score (nSPS) is 19.9. The van der Waals surface area contributed by atoms with Gasteiger partial charge in [0.05, 0.1) is 23.6 Å². The molecule has 1 aliphatic rings. The number of terminal acetylenes is 1. The maximum Gasteiger partial charge on any atom is 0.257 e. The van der Waals surface area contributed by atoms with Gasteiger partial charge in [-0.3, -0.25) is 4.79 Å². The molecule has 21 heavy (non-hydrogen) atoms. The summed E-state index contributed by atoms with van der Waals surface area (Å²) in [5, 5.41) is 0. The van der Waals surface area contributed by atoms with Crippen LogP contribution in [0.2, 0.25) is 0 Å². The van der Waals surface area contributed by atoms with Crippen molar-refractivity contribution >= 4 is 21.4 Å². The molecule has 0 aromatic heterocycles. The van der Waals surface area contributed by atoms with E-state index in [9.17, 15) is 17.6 Å². The molecule has 1 atom stereocenters. The highest BCUT2D eigenvalue weighted by atomic mass is 32.2. The molecule has 1 fully saturated rings. The number of halogens is 1. The summed E-state index contributed by atoms with van der Waals surface area (Å²) in [6, 6.07) is 3.22. The Labute approximate surface area is 122 Å². The number of nitrogens with zero attached hydrogens (tertiary/aromatic N) is 1. The molecule has 7 heteroatoms. The molecule has 5 nitrogen and oxygen atoms in total. The molecule has 0 bridgehead atoms. The molecule has 1 amide bonds. The smallest absolute Gasteiger partial charge is 0.257 e. The van der Waals surface area contributed by atoms with E-state index in [0.29, 0.717) is 6.42 Å². The number of anilines is 1. The van der Waals surface area contributed by atoms with Crippen molar-refractivity contribution < 1.29 is 17.6 Å². The number of benzene rings is 1. The molecular weight excluding hydrogens is 295 g/mol. The summed E-state index contributed by atoms with van der Waals surface area (Å²) in [4.78, 5) is 13.7. The van der Waals surface area contributed by atoms with Gasteiger partial charge in [0.2, 0.25) is 0 Å². The standard InChI is InChI=1S/C14H15FN2O3S/c1-2-6-17(11-5-7-21(19,20)9-11)14(18)12-4-3-10(16)8-13(12)15/h1,3-4,8,11H,5-7,9,16H2. The Morgan fingerprint density at radius 3 is 2.76 bits per heavy atom. The third-order valence-electron chi connectivity index (χ3n) is 3.40. The average Bonchev–Trinajstić information content (AvgIpc) is 2.75. The summed E-state index contributed by atoms with van der Waals surface area (Å²) in [7, 11) is -3.17.